The van der Waals surface area contributed by atoms with Crippen LogP contribution in [-0.4, -0.2) is 50.9 Å². The van der Waals surface area contributed by atoms with Gasteiger partial charge in [-0.1, -0.05) is 6.07 Å². The minimum atomic E-state index is -0.0859. The van der Waals surface area contributed by atoms with E-state index < -0.39 is 0 Å². The van der Waals surface area contributed by atoms with Crippen LogP contribution in [0.1, 0.15) is 6.92 Å². The van der Waals surface area contributed by atoms with Crippen LogP contribution in [0.3, 0.4) is 0 Å². The van der Waals surface area contributed by atoms with Crippen LogP contribution in [0.5, 0.6) is 5.75 Å². The third-order valence-electron chi connectivity index (χ3n) is 3.74. The van der Waals surface area contributed by atoms with Gasteiger partial charge >= 0.3 is 0 Å². The molecule has 108 valence electrons. The van der Waals surface area contributed by atoms with Gasteiger partial charge in [0, 0.05) is 24.8 Å². The first kappa shape index (κ1) is 12.4. The molecule has 1 aromatic rings. The monoisotopic (exact) mass is 277 g/mol. The third kappa shape index (κ3) is 3.06. The summed E-state index contributed by atoms with van der Waals surface area (Å²) in [6.45, 7) is 5.58. The van der Waals surface area contributed by atoms with Crippen molar-refractivity contribution >= 4 is 5.69 Å². The van der Waals surface area contributed by atoms with Gasteiger partial charge in [0.25, 0.3) is 0 Å². The number of hydrogen-bond donors (Lipinski definition) is 0. The number of benzene rings is 1. The first-order chi connectivity index (χ1) is 9.78. The second kappa shape index (κ2) is 4.91. The summed E-state index contributed by atoms with van der Waals surface area (Å²) in [7, 11) is 0. The second-order valence-electron chi connectivity index (χ2n) is 5.64. The number of ether oxygens (including phenoxy) is 4. The fraction of sp³-hybridized carbons (Fsp3) is 0.600. The standard InChI is InChI=1S/C15H19NO4/c1-10-15(19-10)20-12-4-2-3-11(5-12)16(6-13-8-17-13)7-14-9-18-14/h2-5,10,13-15H,6-9H2,1H3. The molecule has 0 aliphatic carbocycles. The van der Waals surface area contributed by atoms with Crippen molar-refractivity contribution in [2.24, 2.45) is 0 Å². The minimum absolute atomic E-state index is 0.0859. The van der Waals surface area contributed by atoms with Gasteiger partial charge in [-0.25, -0.2) is 0 Å². The van der Waals surface area contributed by atoms with Crippen LogP contribution in [0.15, 0.2) is 24.3 Å². The lowest BCUT2D eigenvalue weighted by Gasteiger charge is -2.23. The highest BCUT2D eigenvalue weighted by molar-refractivity contribution is 5.51. The van der Waals surface area contributed by atoms with Gasteiger partial charge in [-0.05, 0) is 19.1 Å². The summed E-state index contributed by atoms with van der Waals surface area (Å²) in [4.78, 5) is 2.32. The highest BCUT2D eigenvalue weighted by atomic mass is 16.8. The molecule has 5 heteroatoms. The summed E-state index contributed by atoms with van der Waals surface area (Å²) in [6, 6.07) is 8.16. The lowest BCUT2D eigenvalue weighted by Crippen LogP contribution is -2.31. The van der Waals surface area contributed by atoms with Crippen molar-refractivity contribution in [2.45, 2.75) is 31.5 Å². The van der Waals surface area contributed by atoms with Crippen LogP contribution < -0.4 is 9.64 Å². The fourth-order valence-corrected chi connectivity index (χ4v) is 2.30. The van der Waals surface area contributed by atoms with Gasteiger partial charge in [-0.2, -0.15) is 0 Å². The zero-order chi connectivity index (χ0) is 13.5. The van der Waals surface area contributed by atoms with E-state index in [2.05, 4.69) is 17.0 Å². The number of anilines is 1. The Kier molecular flexibility index (Phi) is 3.06. The van der Waals surface area contributed by atoms with Crippen molar-refractivity contribution < 1.29 is 18.9 Å². The Labute approximate surface area is 118 Å². The van der Waals surface area contributed by atoms with Crippen molar-refractivity contribution in [1.82, 2.24) is 0 Å². The van der Waals surface area contributed by atoms with E-state index in [1.165, 1.54) is 0 Å². The molecule has 3 fully saturated rings. The normalized spacial score (nSPS) is 33.6. The summed E-state index contributed by atoms with van der Waals surface area (Å²) in [5, 5.41) is 0. The molecule has 1 aromatic carbocycles. The smallest absolute Gasteiger partial charge is 0.226 e. The first-order valence-corrected chi connectivity index (χ1v) is 7.18. The molecular weight excluding hydrogens is 258 g/mol. The molecule has 20 heavy (non-hydrogen) atoms. The molecule has 4 atom stereocenters. The molecule has 5 nitrogen and oxygen atoms in total. The van der Waals surface area contributed by atoms with Gasteiger partial charge < -0.3 is 23.8 Å². The number of nitrogens with zero attached hydrogens (tertiary/aromatic N) is 1. The highest BCUT2D eigenvalue weighted by Crippen LogP contribution is 2.29. The van der Waals surface area contributed by atoms with Crippen molar-refractivity contribution in [3.63, 3.8) is 0 Å². The third-order valence-corrected chi connectivity index (χ3v) is 3.74. The Morgan fingerprint density at radius 2 is 1.85 bits per heavy atom. The lowest BCUT2D eigenvalue weighted by molar-refractivity contribution is 0.178. The van der Waals surface area contributed by atoms with E-state index in [1.807, 2.05) is 19.1 Å². The maximum atomic E-state index is 5.76. The molecule has 3 aliphatic heterocycles. The van der Waals surface area contributed by atoms with Crippen LogP contribution >= 0.6 is 0 Å². The molecule has 0 aromatic heterocycles. The summed E-state index contributed by atoms with van der Waals surface area (Å²) in [5.74, 6) is 0.857. The van der Waals surface area contributed by atoms with E-state index in [4.69, 9.17) is 18.9 Å². The molecule has 4 rings (SSSR count). The Balaban J connectivity index is 1.46. The Bertz CT molecular complexity index is 473. The van der Waals surface area contributed by atoms with Crippen LogP contribution in [0.4, 0.5) is 5.69 Å². The maximum Gasteiger partial charge on any atom is 0.226 e. The topological polar surface area (TPSA) is 50.1 Å². The molecule has 0 spiro atoms. The molecular formula is C15H19NO4. The highest BCUT2D eigenvalue weighted by Gasteiger charge is 2.37. The number of hydrogen-bond acceptors (Lipinski definition) is 5. The average molecular weight is 277 g/mol. The van der Waals surface area contributed by atoms with Gasteiger partial charge in [0.05, 0.1) is 25.4 Å². The van der Waals surface area contributed by atoms with E-state index in [1.54, 1.807) is 0 Å². The molecule has 3 heterocycles. The van der Waals surface area contributed by atoms with Gasteiger partial charge in [0.2, 0.25) is 6.29 Å². The SMILES string of the molecule is CC1OC1Oc1cccc(N(CC2CO2)CC2CO2)c1. The molecule has 3 aliphatic rings. The van der Waals surface area contributed by atoms with Gasteiger partial charge in [-0.3, -0.25) is 0 Å². The molecule has 0 saturated carbocycles. The molecule has 3 saturated heterocycles. The molecule has 0 N–H and O–H groups in total. The van der Waals surface area contributed by atoms with E-state index in [0.717, 1.165) is 37.7 Å². The van der Waals surface area contributed by atoms with Gasteiger partial charge in [0.1, 0.15) is 11.9 Å². The molecule has 0 radical (unpaired) electrons. The first-order valence-electron chi connectivity index (χ1n) is 7.18. The molecule has 0 amide bonds. The van der Waals surface area contributed by atoms with Gasteiger partial charge in [-0.15, -0.1) is 0 Å². The van der Waals surface area contributed by atoms with Crippen LogP contribution in [0.25, 0.3) is 0 Å². The maximum absolute atomic E-state index is 5.76. The summed E-state index contributed by atoms with van der Waals surface area (Å²) in [6.07, 6.45) is 0.849. The zero-order valence-electron chi connectivity index (χ0n) is 11.5. The van der Waals surface area contributed by atoms with Crippen molar-refractivity contribution in [2.75, 3.05) is 31.2 Å². The predicted molar refractivity (Wildman–Crippen MR) is 73.1 cm³/mol. The lowest BCUT2D eigenvalue weighted by atomic mass is 10.2. The number of epoxide rings is 3. The Hall–Kier alpha value is -1.30. The predicted octanol–water partition coefficient (Wildman–Crippen LogP) is 1.41. The van der Waals surface area contributed by atoms with E-state index in [9.17, 15) is 0 Å². The Morgan fingerprint density at radius 1 is 1.20 bits per heavy atom. The minimum Gasteiger partial charge on any atom is -0.462 e. The number of rotatable bonds is 7. The molecule has 0 bridgehead atoms. The summed E-state index contributed by atoms with van der Waals surface area (Å²) < 4.78 is 21.7. The van der Waals surface area contributed by atoms with Crippen molar-refractivity contribution in [3.05, 3.63) is 24.3 Å². The average Bonchev–Trinajstić information content (AvgIpc) is 3.26. The van der Waals surface area contributed by atoms with Crippen molar-refractivity contribution in [1.29, 1.82) is 0 Å². The summed E-state index contributed by atoms with van der Waals surface area (Å²) in [5.41, 5.74) is 1.15. The molecule has 4 unspecified atom stereocenters. The van der Waals surface area contributed by atoms with E-state index >= 15 is 0 Å². The zero-order valence-corrected chi connectivity index (χ0v) is 11.5. The van der Waals surface area contributed by atoms with E-state index in [0.29, 0.717) is 12.2 Å². The largest absolute Gasteiger partial charge is 0.462 e. The van der Waals surface area contributed by atoms with Crippen LogP contribution in [0, 0.1) is 0 Å². The fourth-order valence-electron chi connectivity index (χ4n) is 2.30. The van der Waals surface area contributed by atoms with Gasteiger partial charge in [0.15, 0.2) is 0 Å². The second-order valence-corrected chi connectivity index (χ2v) is 5.64. The Morgan fingerprint density at radius 3 is 2.40 bits per heavy atom. The van der Waals surface area contributed by atoms with E-state index in [-0.39, 0.29) is 12.4 Å². The van der Waals surface area contributed by atoms with Crippen molar-refractivity contribution in [3.8, 4) is 5.75 Å². The quantitative estimate of drug-likeness (QED) is 0.705. The summed E-state index contributed by atoms with van der Waals surface area (Å²) >= 11 is 0. The van der Waals surface area contributed by atoms with Crippen LogP contribution in [-0.2, 0) is 14.2 Å². The van der Waals surface area contributed by atoms with Crippen LogP contribution in [0.2, 0.25) is 0 Å².